The number of guanidine groups is 1. The molecule has 1 aliphatic heterocycles. The maximum absolute atomic E-state index is 4.72. The van der Waals surface area contributed by atoms with Crippen LogP contribution in [0.1, 0.15) is 53.4 Å². The lowest BCUT2D eigenvalue weighted by atomic mass is 9.94. The standard InChI is InChI=1S/C16H34N4/c1-5-14(4)19-16(17-6-2)18-11-8-15-9-12-20(7-3)13-10-15/h14-15H,5-13H2,1-4H3,(H2,17,18,19). The van der Waals surface area contributed by atoms with Gasteiger partial charge in [0.05, 0.1) is 0 Å². The summed E-state index contributed by atoms with van der Waals surface area (Å²) in [6, 6.07) is 0.487. The lowest BCUT2D eigenvalue weighted by Crippen LogP contribution is -2.42. The predicted octanol–water partition coefficient (Wildman–Crippen LogP) is 2.46. The fourth-order valence-corrected chi connectivity index (χ4v) is 2.61. The average Bonchev–Trinajstić information content (AvgIpc) is 2.48. The van der Waals surface area contributed by atoms with E-state index in [1.165, 1.54) is 38.9 Å². The molecule has 118 valence electrons. The highest BCUT2D eigenvalue weighted by molar-refractivity contribution is 5.79. The van der Waals surface area contributed by atoms with Gasteiger partial charge < -0.3 is 15.5 Å². The van der Waals surface area contributed by atoms with Crippen LogP contribution in [0.5, 0.6) is 0 Å². The molecule has 0 aromatic carbocycles. The van der Waals surface area contributed by atoms with Gasteiger partial charge in [0.1, 0.15) is 0 Å². The van der Waals surface area contributed by atoms with Gasteiger partial charge in [0, 0.05) is 19.1 Å². The molecule has 1 heterocycles. The summed E-state index contributed by atoms with van der Waals surface area (Å²) < 4.78 is 0. The molecule has 4 heteroatoms. The van der Waals surface area contributed by atoms with E-state index in [4.69, 9.17) is 4.99 Å². The Bertz CT molecular complexity index is 270. The minimum absolute atomic E-state index is 0.487. The predicted molar refractivity (Wildman–Crippen MR) is 88.3 cm³/mol. The molecule has 1 saturated heterocycles. The van der Waals surface area contributed by atoms with Crippen molar-refractivity contribution < 1.29 is 0 Å². The van der Waals surface area contributed by atoms with Crippen molar-refractivity contribution in [2.45, 2.75) is 59.4 Å². The quantitative estimate of drug-likeness (QED) is 0.556. The van der Waals surface area contributed by atoms with Crippen LogP contribution < -0.4 is 10.6 Å². The first-order chi connectivity index (χ1) is 9.69. The fourth-order valence-electron chi connectivity index (χ4n) is 2.61. The summed E-state index contributed by atoms with van der Waals surface area (Å²) in [5.74, 6) is 1.85. The number of rotatable bonds is 7. The van der Waals surface area contributed by atoms with Crippen molar-refractivity contribution in [2.24, 2.45) is 10.9 Å². The van der Waals surface area contributed by atoms with E-state index in [1.807, 2.05) is 0 Å². The summed E-state index contributed by atoms with van der Waals surface area (Å²) >= 11 is 0. The monoisotopic (exact) mass is 282 g/mol. The van der Waals surface area contributed by atoms with Crippen molar-refractivity contribution >= 4 is 5.96 Å². The zero-order chi connectivity index (χ0) is 14.8. The van der Waals surface area contributed by atoms with E-state index in [2.05, 4.69) is 43.2 Å². The molecule has 1 unspecified atom stereocenters. The molecule has 1 fully saturated rings. The van der Waals surface area contributed by atoms with Crippen molar-refractivity contribution in [2.75, 3.05) is 32.7 Å². The first kappa shape index (κ1) is 17.3. The number of aliphatic imine (C=N–C) groups is 1. The zero-order valence-electron chi connectivity index (χ0n) is 13.9. The molecule has 1 atom stereocenters. The second-order valence-corrected chi connectivity index (χ2v) is 5.88. The summed E-state index contributed by atoms with van der Waals surface area (Å²) in [5.41, 5.74) is 0. The van der Waals surface area contributed by atoms with Crippen LogP contribution in [0.3, 0.4) is 0 Å². The van der Waals surface area contributed by atoms with Crippen molar-refractivity contribution in [3.63, 3.8) is 0 Å². The molecule has 0 amide bonds. The molecule has 1 aliphatic rings. The molecular formula is C16H34N4. The van der Waals surface area contributed by atoms with Crippen LogP contribution in [-0.4, -0.2) is 49.6 Å². The summed E-state index contributed by atoms with van der Waals surface area (Å²) in [5, 5.41) is 6.78. The Balaban J connectivity index is 2.29. The van der Waals surface area contributed by atoms with Crippen LogP contribution in [0.25, 0.3) is 0 Å². The van der Waals surface area contributed by atoms with E-state index in [1.54, 1.807) is 0 Å². The Morgan fingerprint density at radius 3 is 2.50 bits per heavy atom. The van der Waals surface area contributed by atoms with E-state index >= 15 is 0 Å². The normalized spacial score (nSPS) is 19.9. The first-order valence-corrected chi connectivity index (χ1v) is 8.46. The van der Waals surface area contributed by atoms with Crippen molar-refractivity contribution in [3.05, 3.63) is 0 Å². The largest absolute Gasteiger partial charge is 0.357 e. The summed E-state index contributed by atoms with van der Waals surface area (Å²) in [4.78, 5) is 7.27. The highest BCUT2D eigenvalue weighted by Crippen LogP contribution is 2.19. The van der Waals surface area contributed by atoms with Crippen LogP contribution in [0.15, 0.2) is 4.99 Å². The van der Waals surface area contributed by atoms with Gasteiger partial charge in [-0.2, -0.15) is 0 Å². The molecule has 0 aromatic heterocycles. The van der Waals surface area contributed by atoms with Gasteiger partial charge in [0.15, 0.2) is 5.96 Å². The third-order valence-corrected chi connectivity index (χ3v) is 4.30. The van der Waals surface area contributed by atoms with E-state index in [9.17, 15) is 0 Å². The smallest absolute Gasteiger partial charge is 0.191 e. The van der Waals surface area contributed by atoms with Gasteiger partial charge >= 0.3 is 0 Å². The van der Waals surface area contributed by atoms with Gasteiger partial charge in [-0.25, -0.2) is 0 Å². The van der Waals surface area contributed by atoms with Crippen LogP contribution in [0.2, 0.25) is 0 Å². The lowest BCUT2D eigenvalue weighted by molar-refractivity contribution is 0.188. The molecule has 4 nitrogen and oxygen atoms in total. The number of hydrogen-bond donors (Lipinski definition) is 2. The molecule has 2 N–H and O–H groups in total. The second kappa shape index (κ2) is 10.0. The number of hydrogen-bond acceptors (Lipinski definition) is 2. The minimum atomic E-state index is 0.487. The van der Waals surface area contributed by atoms with Crippen LogP contribution in [0.4, 0.5) is 0 Å². The van der Waals surface area contributed by atoms with Crippen molar-refractivity contribution in [3.8, 4) is 0 Å². The number of piperidine rings is 1. The van der Waals surface area contributed by atoms with Crippen molar-refractivity contribution in [1.29, 1.82) is 0 Å². The second-order valence-electron chi connectivity index (χ2n) is 5.88. The van der Waals surface area contributed by atoms with Crippen LogP contribution in [-0.2, 0) is 0 Å². The Morgan fingerprint density at radius 2 is 1.95 bits per heavy atom. The van der Waals surface area contributed by atoms with Crippen LogP contribution in [0, 0.1) is 5.92 Å². The molecule has 0 aliphatic carbocycles. The van der Waals surface area contributed by atoms with Crippen LogP contribution >= 0.6 is 0 Å². The zero-order valence-corrected chi connectivity index (χ0v) is 13.9. The maximum Gasteiger partial charge on any atom is 0.191 e. The van der Waals surface area contributed by atoms with Gasteiger partial charge in [-0.3, -0.25) is 4.99 Å². The summed E-state index contributed by atoms with van der Waals surface area (Å²) in [6.07, 6.45) is 5.05. The maximum atomic E-state index is 4.72. The summed E-state index contributed by atoms with van der Waals surface area (Å²) in [6.45, 7) is 14.4. The Labute approximate surface area is 125 Å². The third-order valence-electron chi connectivity index (χ3n) is 4.30. The number of likely N-dealkylation sites (tertiary alicyclic amines) is 1. The number of nitrogens with zero attached hydrogens (tertiary/aromatic N) is 2. The van der Waals surface area contributed by atoms with Gasteiger partial charge in [-0.15, -0.1) is 0 Å². The SMILES string of the molecule is CCNC(=NCCC1CCN(CC)CC1)NC(C)CC. The first-order valence-electron chi connectivity index (χ1n) is 8.46. The van der Waals surface area contributed by atoms with E-state index in [0.29, 0.717) is 6.04 Å². The van der Waals surface area contributed by atoms with E-state index < -0.39 is 0 Å². The topological polar surface area (TPSA) is 39.7 Å². The van der Waals surface area contributed by atoms with E-state index in [0.717, 1.165) is 31.4 Å². The highest BCUT2D eigenvalue weighted by Gasteiger charge is 2.17. The van der Waals surface area contributed by atoms with Gasteiger partial charge in [-0.1, -0.05) is 13.8 Å². The highest BCUT2D eigenvalue weighted by atomic mass is 15.2. The molecule has 0 spiro atoms. The molecule has 20 heavy (non-hydrogen) atoms. The van der Waals surface area contributed by atoms with Gasteiger partial charge in [-0.05, 0) is 65.1 Å². The minimum Gasteiger partial charge on any atom is -0.357 e. The molecule has 0 aromatic rings. The van der Waals surface area contributed by atoms with Gasteiger partial charge in [0.25, 0.3) is 0 Å². The Morgan fingerprint density at radius 1 is 1.25 bits per heavy atom. The molecule has 0 saturated carbocycles. The summed E-state index contributed by atoms with van der Waals surface area (Å²) in [7, 11) is 0. The molecule has 1 rings (SSSR count). The average molecular weight is 282 g/mol. The third kappa shape index (κ3) is 6.60. The molecular weight excluding hydrogens is 248 g/mol. The van der Waals surface area contributed by atoms with E-state index in [-0.39, 0.29) is 0 Å². The lowest BCUT2D eigenvalue weighted by Gasteiger charge is -2.30. The number of nitrogens with one attached hydrogen (secondary N) is 2. The fraction of sp³-hybridized carbons (Fsp3) is 0.938. The Kier molecular flexibility index (Phi) is 8.67. The molecule has 0 radical (unpaired) electrons. The molecule has 0 bridgehead atoms. The Hall–Kier alpha value is -0.770. The van der Waals surface area contributed by atoms with Gasteiger partial charge in [0.2, 0.25) is 0 Å². The van der Waals surface area contributed by atoms with Crippen molar-refractivity contribution in [1.82, 2.24) is 15.5 Å².